The van der Waals surface area contributed by atoms with Gasteiger partial charge >= 0.3 is 0 Å². The van der Waals surface area contributed by atoms with Crippen molar-refractivity contribution >= 4 is 17.3 Å². The molecule has 1 saturated heterocycles. The van der Waals surface area contributed by atoms with Gasteiger partial charge < -0.3 is 9.80 Å². The zero-order valence-electron chi connectivity index (χ0n) is 12.4. The van der Waals surface area contributed by atoms with Crippen molar-refractivity contribution in [3.05, 3.63) is 42.0 Å². The number of aromatic nitrogens is 2. The summed E-state index contributed by atoms with van der Waals surface area (Å²) < 4.78 is 15.2. The van der Waals surface area contributed by atoms with Crippen LogP contribution >= 0.6 is 0 Å². The number of benzene rings is 1. The number of carbonyl (C=O) groups is 1. The Morgan fingerprint density at radius 3 is 2.95 bits per heavy atom. The van der Waals surface area contributed by atoms with Gasteiger partial charge in [0.1, 0.15) is 11.9 Å². The Morgan fingerprint density at radius 1 is 1.32 bits per heavy atom. The van der Waals surface area contributed by atoms with Gasteiger partial charge in [0.25, 0.3) is 0 Å². The molecule has 1 aromatic carbocycles. The molecule has 1 atom stereocenters. The number of hydrogen-bond acceptors (Lipinski definition) is 3. The molecule has 6 heteroatoms. The fourth-order valence-electron chi connectivity index (χ4n) is 3.46. The van der Waals surface area contributed by atoms with Crippen molar-refractivity contribution < 1.29 is 9.18 Å². The molecule has 22 heavy (non-hydrogen) atoms. The normalized spacial score (nSPS) is 20.8. The van der Waals surface area contributed by atoms with Crippen LogP contribution < -0.4 is 9.80 Å². The van der Waals surface area contributed by atoms with E-state index in [1.54, 1.807) is 21.8 Å². The lowest BCUT2D eigenvalue weighted by Gasteiger charge is -2.25. The number of carbonyl (C=O) groups excluding carboxylic acids is 1. The lowest BCUT2D eigenvalue weighted by atomic mass is 10.1. The Kier molecular flexibility index (Phi) is 2.92. The molecule has 1 aromatic heterocycles. The maximum Gasteiger partial charge on any atom is 0.249 e. The van der Waals surface area contributed by atoms with E-state index in [0.29, 0.717) is 6.54 Å². The van der Waals surface area contributed by atoms with Crippen LogP contribution in [0.4, 0.5) is 15.8 Å². The van der Waals surface area contributed by atoms with Gasteiger partial charge in [-0.3, -0.25) is 9.48 Å². The third-order valence-corrected chi connectivity index (χ3v) is 4.54. The summed E-state index contributed by atoms with van der Waals surface area (Å²) in [4.78, 5) is 16.6. The summed E-state index contributed by atoms with van der Waals surface area (Å²) in [5.74, 6) is -0.176. The Morgan fingerprint density at radius 2 is 2.18 bits per heavy atom. The van der Waals surface area contributed by atoms with Crippen LogP contribution in [-0.2, 0) is 18.3 Å². The third kappa shape index (κ3) is 1.98. The number of anilines is 2. The lowest BCUT2D eigenvalue weighted by Crippen LogP contribution is -2.41. The molecule has 0 bridgehead atoms. The highest BCUT2D eigenvalue weighted by atomic mass is 19.1. The van der Waals surface area contributed by atoms with Crippen LogP contribution in [0.3, 0.4) is 0 Å². The molecule has 0 aliphatic carbocycles. The molecule has 4 rings (SSSR count). The third-order valence-electron chi connectivity index (χ3n) is 4.54. The monoisotopic (exact) mass is 300 g/mol. The molecule has 3 heterocycles. The Labute approximate surface area is 127 Å². The molecule has 0 spiro atoms. The number of aryl methyl sites for hydroxylation is 1. The molecule has 5 nitrogen and oxygen atoms in total. The highest BCUT2D eigenvalue weighted by molar-refractivity contribution is 6.01. The summed E-state index contributed by atoms with van der Waals surface area (Å²) in [6.45, 7) is 1.45. The Hall–Kier alpha value is -2.37. The highest BCUT2D eigenvalue weighted by Gasteiger charge is 2.39. The highest BCUT2D eigenvalue weighted by Crippen LogP contribution is 2.34. The van der Waals surface area contributed by atoms with Crippen LogP contribution in [-0.4, -0.2) is 34.8 Å². The van der Waals surface area contributed by atoms with Gasteiger partial charge in [-0.25, -0.2) is 4.39 Å². The van der Waals surface area contributed by atoms with Gasteiger partial charge in [0.05, 0.1) is 11.9 Å². The minimum Gasteiger partial charge on any atom is -0.359 e. The van der Waals surface area contributed by atoms with Gasteiger partial charge in [-0.05, 0) is 30.5 Å². The van der Waals surface area contributed by atoms with Gasteiger partial charge in [0, 0.05) is 32.0 Å². The maximum absolute atomic E-state index is 13.5. The first-order valence-corrected chi connectivity index (χ1v) is 7.48. The van der Waals surface area contributed by atoms with E-state index in [0.717, 1.165) is 36.3 Å². The average molecular weight is 300 g/mol. The van der Waals surface area contributed by atoms with E-state index < -0.39 is 0 Å². The van der Waals surface area contributed by atoms with E-state index in [4.69, 9.17) is 0 Å². The molecule has 0 radical (unpaired) electrons. The number of rotatable bonds is 2. The Balaban J connectivity index is 1.61. The quantitative estimate of drug-likeness (QED) is 0.848. The van der Waals surface area contributed by atoms with Crippen molar-refractivity contribution in [1.82, 2.24) is 9.78 Å². The van der Waals surface area contributed by atoms with Crippen molar-refractivity contribution in [2.75, 3.05) is 22.9 Å². The van der Waals surface area contributed by atoms with E-state index in [-0.39, 0.29) is 17.8 Å². The molecule has 114 valence electrons. The van der Waals surface area contributed by atoms with Crippen molar-refractivity contribution in [3.8, 4) is 0 Å². The van der Waals surface area contributed by atoms with E-state index >= 15 is 0 Å². The zero-order chi connectivity index (χ0) is 15.3. The number of halogens is 1. The molecule has 0 saturated carbocycles. The number of hydrogen-bond donors (Lipinski definition) is 0. The van der Waals surface area contributed by atoms with Gasteiger partial charge in [-0.1, -0.05) is 6.07 Å². The molecule has 1 fully saturated rings. The fraction of sp³-hybridized carbons (Fsp3) is 0.375. The first-order chi connectivity index (χ1) is 10.6. The lowest BCUT2D eigenvalue weighted by molar-refractivity contribution is -0.118. The SMILES string of the molecule is Cn1cc(N2CCC(N3CCc4ccc(F)cc43)C2=O)cn1. The summed E-state index contributed by atoms with van der Waals surface area (Å²) in [5, 5.41) is 4.13. The minimum absolute atomic E-state index is 0.0742. The number of nitrogens with zero attached hydrogens (tertiary/aromatic N) is 4. The average Bonchev–Trinajstić information content (AvgIpc) is 3.17. The van der Waals surface area contributed by atoms with Crippen LogP contribution in [0.25, 0.3) is 0 Å². The topological polar surface area (TPSA) is 41.4 Å². The Bertz CT molecular complexity index is 741. The molecular formula is C16H17FN4O. The number of amides is 1. The predicted molar refractivity (Wildman–Crippen MR) is 81.4 cm³/mol. The summed E-state index contributed by atoms with van der Waals surface area (Å²) in [5.41, 5.74) is 2.81. The number of fused-ring (bicyclic) bond motifs is 1. The van der Waals surface area contributed by atoms with E-state index in [1.807, 2.05) is 19.3 Å². The standard InChI is InChI=1S/C16H17FN4O/c1-19-10-13(9-18-19)20-7-5-14(16(20)22)21-6-4-11-2-3-12(17)8-15(11)21/h2-3,8-10,14H,4-7H2,1H3. The maximum atomic E-state index is 13.5. The first-order valence-electron chi connectivity index (χ1n) is 7.48. The van der Waals surface area contributed by atoms with E-state index in [9.17, 15) is 9.18 Å². The van der Waals surface area contributed by atoms with Gasteiger partial charge in [-0.2, -0.15) is 5.10 Å². The van der Waals surface area contributed by atoms with Crippen LogP contribution in [0, 0.1) is 5.82 Å². The molecule has 2 aliphatic rings. The molecule has 1 amide bonds. The summed E-state index contributed by atoms with van der Waals surface area (Å²) in [7, 11) is 1.83. The van der Waals surface area contributed by atoms with Crippen molar-refractivity contribution in [1.29, 1.82) is 0 Å². The van der Waals surface area contributed by atoms with Gasteiger partial charge in [0.15, 0.2) is 0 Å². The fourth-order valence-corrected chi connectivity index (χ4v) is 3.46. The van der Waals surface area contributed by atoms with Gasteiger partial charge in [0.2, 0.25) is 5.91 Å². The summed E-state index contributed by atoms with van der Waals surface area (Å²) in [6, 6.07) is 4.65. The second-order valence-corrected chi connectivity index (χ2v) is 5.88. The molecule has 2 aromatic rings. The molecule has 0 N–H and O–H groups in total. The summed E-state index contributed by atoms with van der Waals surface area (Å²) in [6.07, 6.45) is 5.17. The van der Waals surface area contributed by atoms with Crippen LogP contribution in [0.1, 0.15) is 12.0 Å². The van der Waals surface area contributed by atoms with Crippen LogP contribution in [0.15, 0.2) is 30.6 Å². The second kappa shape index (κ2) is 4.83. The van der Waals surface area contributed by atoms with E-state index in [2.05, 4.69) is 10.00 Å². The molecular weight excluding hydrogens is 283 g/mol. The van der Waals surface area contributed by atoms with Crippen molar-refractivity contribution in [3.63, 3.8) is 0 Å². The van der Waals surface area contributed by atoms with Gasteiger partial charge in [-0.15, -0.1) is 0 Å². The first kappa shape index (κ1) is 13.3. The molecule has 1 unspecified atom stereocenters. The largest absolute Gasteiger partial charge is 0.359 e. The van der Waals surface area contributed by atoms with Crippen molar-refractivity contribution in [2.45, 2.75) is 18.9 Å². The zero-order valence-corrected chi connectivity index (χ0v) is 12.4. The van der Waals surface area contributed by atoms with Crippen molar-refractivity contribution in [2.24, 2.45) is 7.05 Å². The van der Waals surface area contributed by atoms with E-state index in [1.165, 1.54) is 6.07 Å². The summed E-state index contributed by atoms with van der Waals surface area (Å²) >= 11 is 0. The minimum atomic E-state index is -0.250. The smallest absolute Gasteiger partial charge is 0.249 e. The van der Waals surface area contributed by atoms with Crippen LogP contribution in [0.2, 0.25) is 0 Å². The molecule has 2 aliphatic heterocycles. The van der Waals surface area contributed by atoms with Crippen LogP contribution in [0.5, 0.6) is 0 Å². The predicted octanol–water partition coefficient (Wildman–Crippen LogP) is 1.73. The second-order valence-electron chi connectivity index (χ2n) is 5.88.